The summed E-state index contributed by atoms with van der Waals surface area (Å²) in [7, 11) is -0.995. The van der Waals surface area contributed by atoms with Gasteiger partial charge in [-0.05, 0) is 48.5 Å². The molecule has 1 aromatic heterocycles. The topological polar surface area (TPSA) is 34.9 Å². The minimum absolute atomic E-state index is 0.264. The van der Waals surface area contributed by atoms with Gasteiger partial charge in [0.25, 0.3) is 0 Å². The number of nitrogens with zero attached hydrogens (tertiary/aromatic N) is 2. The Labute approximate surface area is 124 Å². The lowest BCUT2D eigenvalue weighted by molar-refractivity contribution is 0.628. The Kier molecular flexibility index (Phi) is 3.66. The molecule has 0 fully saturated rings. The SMILES string of the molecule is CS(=O)c1ccc(-n2cncc2-c2ccc(F)cc2)cc1. The van der Waals surface area contributed by atoms with Crippen molar-refractivity contribution in [1.29, 1.82) is 0 Å². The second-order valence-electron chi connectivity index (χ2n) is 4.60. The third-order valence-corrected chi connectivity index (χ3v) is 4.16. The van der Waals surface area contributed by atoms with Gasteiger partial charge in [0, 0.05) is 33.2 Å². The minimum atomic E-state index is -0.995. The third-order valence-electron chi connectivity index (χ3n) is 3.23. The van der Waals surface area contributed by atoms with E-state index in [0.717, 1.165) is 21.8 Å². The van der Waals surface area contributed by atoms with Crippen LogP contribution < -0.4 is 0 Å². The van der Waals surface area contributed by atoms with Gasteiger partial charge in [0.05, 0.1) is 18.2 Å². The molecule has 0 radical (unpaired) electrons. The largest absolute Gasteiger partial charge is 0.299 e. The van der Waals surface area contributed by atoms with Gasteiger partial charge in [-0.25, -0.2) is 9.37 Å². The molecule has 0 N–H and O–H groups in total. The Balaban J connectivity index is 2.02. The molecule has 3 nitrogen and oxygen atoms in total. The first-order valence-corrected chi connectivity index (χ1v) is 7.93. The van der Waals surface area contributed by atoms with Crippen molar-refractivity contribution >= 4 is 10.8 Å². The lowest BCUT2D eigenvalue weighted by atomic mass is 10.1. The molecule has 3 rings (SSSR count). The first kappa shape index (κ1) is 13.7. The number of benzene rings is 2. The van der Waals surface area contributed by atoms with Gasteiger partial charge >= 0.3 is 0 Å². The molecule has 106 valence electrons. The van der Waals surface area contributed by atoms with Crippen LogP contribution in [0.5, 0.6) is 0 Å². The molecule has 5 heteroatoms. The molecule has 1 atom stereocenters. The van der Waals surface area contributed by atoms with Crippen LogP contribution in [0.4, 0.5) is 4.39 Å². The molecule has 1 heterocycles. The maximum Gasteiger partial charge on any atom is 0.123 e. The fraction of sp³-hybridized carbons (Fsp3) is 0.0625. The molecule has 0 amide bonds. The zero-order valence-electron chi connectivity index (χ0n) is 11.4. The normalized spacial score (nSPS) is 12.3. The van der Waals surface area contributed by atoms with Crippen molar-refractivity contribution in [2.75, 3.05) is 6.26 Å². The van der Waals surface area contributed by atoms with Gasteiger partial charge in [-0.15, -0.1) is 0 Å². The van der Waals surface area contributed by atoms with Crippen molar-refractivity contribution in [2.24, 2.45) is 0 Å². The summed E-state index contributed by atoms with van der Waals surface area (Å²) in [6.07, 6.45) is 5.09. The number of hydrogen-bond acceptors (Lipinski definition) is 2. The molecule has 0 aliphatic carbocycles. The molecule has 1 unspecified atom stereocenters. The first-order chi connectivity index (χ1) is 10.1. The fourth-order valence-electron chi connectivity index (χ4n) is 2.13. The van der Waals surface area contributed by atoms with Crippen LogP contribution in [0.1, 0.15) is 0 Å². The average Bonchev–Trinajstić information content (AvgIpc) is 2.97. The van der Waals surface area contributed by atoms with Crippen LogP contribution in [-0.4, -0.2) is 20.0 Å². The fourth-order valence-corrected chi connectivity index (χ4v) is 2.65. The quantitative estimate of drug-likeness (QED) is 0.743. The highest BCUT2D eigenvalue weighted by molar-refractivity contribution is 7.84. The predicted molar refractivity (Wildman–Crippen MR) is 81.3 cm³/mol. The van der Waals surface area contributed by atoms with E-state index < -0.39 is 10.8 Å². The molecule has 0 saturated carbocycles. The molecule has 0 aliphatic rings. The van der Waals surface area contributed by atoms with Gasteiger partial charge in [-0.3, -0.25) is 8.78 Å². The summed E-state index contributed by atoms with van der Waals surface area (Å²) < 4.78 is 26.4. The summed E-state index contributed by atoms with van der Waals surface area (Å²) in [4.78, 5) is 4.94. The van der Waals surface area contributed by atoms with Crippen LogP contribution in [0.3, 0.4) is 0 Å². The Bertz CT molecular complexity index is 779. The van der Waals surface area contributed by atoms with Crippen LogP contribution in [0.25, 0.3) is 16.9 Å². The summed E-state index contributed by atoms with van der Waals surface area (Å²) in [5.74, 6) is -0.264. The summed E-state index contributed by atoms with van der Waals surface area (Å²) in [5, 5.41) is 0. The number of halogens is 1. The van der Waals surface area contributed by atoms with Crippen LogP contribution in [-0.2, 0) is 10.8 Å². The Morgan fingerprint density at radius 3 is 2.33 bits per heavy atom. The van der Waals surface area contributed by atoms with Gasteiger partial charge in [-0.2, -0.15) is 0 Å². The zero-order chi connectivity index (χ0) is 14.8. The first-order valence-electron chi connectivity index (χ1n) is 6.37. The summed E-state index contributed by atoms with van der Waals surface area (Å²) in [6, 6.07) is 13.7. The van der Waals surface area contributed by atoms with E-state index in [2.05, 4.69) is 4.98 Å². The molecule has 3 aromatic rings. The number of aromatic nitrogens is 2. The highest BCUT2D eigenvalue weighted by atomic mass is 32.2. The van der Waals surface area contributed by atoms with Gasteiger partial charge in [0.2, 0.25) is 0 Å². The van der Waals surface area contributed by atoms with E-state index in [9.17, 15) is 8.60 Å². The van der Waals surface area contributed by atoms with Crippen molar-refractivity contribution in [2.45, 2.75) is 4.90 Å². The summed E-state index contributed by atoms with van der Waals surface area (Å²) in [5.41, 5.74) is 2.68. The van der Waals surface area contributed by atoms with Gasteiger partial charge in [0.15, 0.2) is 0 Å². The van der Waals surface area contributed by atoms with E-state index in [4.69, 9.17) is 0 Å². The van der Waals surface area contributed by atoms with E-state index >= 15 is 0 Å². The van der Waals surface area contributed by atoms with Crippen LogP contribution in [0.15, 0.2) is 66.0 Å². The van der Waals surface area contributed by atoms with E-state index in [1.54, 1.807) is 30.9 Å². The Hall–Kier alpha value is -2.27. The van der Waals surface area contributed by atoms with E-state index in [1.165, 1.54) is 12.1 Å². The van der Waals surface area contributed by atoms with Crippen LogP contribution in [0.2, 0.25) is 0 Å². The van der Waals surface area contributed by atoms with Crippen molar-refractivity contribution in [3.05, 3.63) is 66.9 Å². The molecule has 0 saturated heterocycles. The summed E-state index contributed by atoms with van der Waals surface area (Å²) in [6.45, 7) is 0. The Morgan fingerprint density at radius 1 is 1.05 bits per heavy atom. The van der Waals surface area contributed by atoms with Crippen LogP contribution >= 0.6 is 0 Å². The molecule has 0 spiro atoms. The molecule has 21 heavy (non-hydrogen) atoms. The van der Waals surface area contributed by atoms with Crippen molar-refractivity contribution < 1.29 is 8.60 Å². The van der Waals surface area contributed by atoms with Gasteiger partial charge in [0.1, 0.15) is 5.82 Å². The predicted octanol–water partition coefficient (Wildman–Crippen LogP) is 3.42. The van der Waals surface area contributed by atoms with Gasteiger partial charge in [-0.1, -0.05) is 0 Å². The average molecular weight is 300 g/mol. The standard InChI is InChI=1S/C16H13FN2OS/c1-21(20)15-8-6-14(7-9-15)19-11-18-10-16(19)12-2-4-13(17)5-3-12/h2-11H,1H3. The maximum absolute atomic E-state index is 13.0. The Morgan fingerprint density at radius 2 is 1.71 bits per heavy atom. The molecule has 2 aromatic carbocycles. The van der Waals surface area contributed by atoms with Gasteiger partial charge < -0.3 is 0 Å². The highest BCUT2D eigenvalue weighted by Crippen LogP contribution is 2.23. The lowest BCUT2D eigenvalue weighted by Crippen LogP contribution is -1.96. The smallest absolute Gasteiger partial charge is 0.123 e. The van der Waals surface area contributed by atoms with Crippen molar-refractivity contribution in [3.8, 4) is 16.9 Å². The zero-order valence-corrected chi connectivity index (χ0v) is 12.2. The maximum atomic E-state index is 13.0. The monoisotopic (exact) mass is 300 g/mol. The molecular weight excluding hydrogens is 287 g/mol. The van der Waals surface area contributed by atoms with Crippen LogP contribution in [0, 0.1) is 5.82 Å². The molecular formula is C16H13FN2OS. The minimum Gasteiger partial charge on any atom is -0.299 e. The second kappa shape index (κ2) is 5.61. The van der Waals surface area contributed by atoms with E-state index in [-0.39, 0.29) is 5.82 Å². The number of hydrogen-bond donors (Lipinski definition) is 0. The second-order valence-corrected chi connectivity index (χ2v) is 5.98. The van der Waals surface area contributed by atoms with Crippen molar-refractivity contribution in [1.82, 2.24) is 9.55 Å². The van der Waals surface area contributed by atoms with E-state index in [0.29, 0.717) is 0 Å². The lowest BCUT2D eigenvalue weighted by Gasteiger charge is -2.09. The van der Waals surface area contributed by atoms with Crippen molar-refractivity contribution in [3.63, 3.8) is 0 Å². The number of rotatable bonds is 3. The molecule has 0 bridgehead atoms. The third kappa shape index (κ3) is 2.78. The van der Waals surface area contributed by atoms with E-state index in [1.807, 2.05) is 28.8 Å². The number of imidazole rings is 1. The highest BCUT2D eigenvalue weighted by Gasteiger charge is 2.07. The summed E-state index contributed by atoms with van der Waals surface area (Å²) >= 11 is 0. The molecule has 0 aliphatic heterocycles.